The van der Waals surface area contributed by atoms with Gasteiger partial charge in [-0.2, -0.15) is 0 Å². The van der Waals surface area contributed by atoms with Crippen molar-refractivity contribution in [3.05, 3.63) is 57.5 Å². The highest BCUT2D eigenvalue weighted by Gasteiger charge is 2.47. The van der Waals surface area contributed by atoms with Crippen molar-refractivity contribution in [2.24, 2.45) is 5.92 Å². The average molecular weight is 587 g/mol. The molecule has 2 fully saturated rings. The summed E-state index contributed by atoms with van der Waals surface area (Å²) in [6, 6.07) is 5.54. The van der Waals surface area contributed by atoms with E-state index in [1.54, 1.807) is 0 Å². The van der Waals surface area contributed by atoms with E-state index in [4.69, 9.17) is 0 Å². The second-order valence-corrected chi connectivity index (χ2v) is 10.5. The Labute approximate surface area is 241 Å². The van der Waals surface area contributed by atoms with E-state index >= 15 is 0 Å². The van der Waals surface area contributed by atoms with Gasteiger partial charge in [-0.1, -0.05) is 12.1 Å². The number of halogens is 1. The fraction of sp³-hybridized carbons (Fsp3) is 0.500. The summed E-state index contributed by atoms with van der Waals surface area (Å²) in [6.07, 6.45) is 2.99. The first-order valence-corrected chi connectivity index (χ1v) is 13.8. The molecule has 0 radical (unpaired) electrons. The monoisotopic (exact) mass is 586 g/mol. The molecule has 13 nitrogen and oxygen atoms in total. The fourth-order valence-electron chi connectivity index (χ4n) is 5.47. The van der Waals surface area contributed by atoms with E-state index in [1.807, 2.05) is 0 Å². The zero-order valence-corrected chi connectivity index (χ0v) is 23.4. The van der Waals surface area contributed by atoms with E-state index in [0.29, 0.717) is 70.3 Å². The highest BCUT2D eigenvalue weighted by Crippen LogP contribution is 2.43. The second kappa shape index (κ2) is 13.7. The van der Waals surface area contributed by atoms with E-state index in [0.717, 1.165) is 0 Å². The van der Waals surface area contributed by atoms with Crippen molar-refractivity contribution in [1.82, 2.24) is 30.4 Å². The number of ether oxygens (including phenoxy) is 1. The molecule has 1 saturated heterocycles. The van der Waals surface area contributed by atoms with Gasteiger partial charge in [0.2, 0.25) is 5.75 Å². The summed E-state index contributed by atoms with van der Waals surface area (Å²) < 4.78 is 18.8. The Balaban J connectivity index is 0.000000748. The normalized spacial score (nSPS) is 20.8. The maximum absolute atomic E-state index is 13.2. The highest BCUT2D eigenvalue weighted by atomic mass is 19.1. The number of amides is 3. The minimum atomic E-state index is -1.12. The lowest BCUT2D eigenvalue weighted by molar-refractivity contribution is -0.147. The first-order chi connectivity index (χ1) is 20.2. The third-order valence-electron chi connectivity index (χ3n) is 7.74. The Morgan fingerprint density at radius 2 is 1.86 bits per heavy atom. The molecule has 6 rings (SSSR count). The van der Waals surface area contributed by atoms with Crippen molar-refractivity contribution in [3.8, 4) is 5.75 Å². The third kappa shape index (κ3) is 6.82. The average Bonchev–Trinajstić information content (AvgIpc) is 3.25. The summed E-state index contributed by atoms with van der Waals surface area (Å²) in [5, 5.41) is 19.2. The van der Waals surface area contributed by atoms with Crippen LogP contribution in [0.15, 0.2) is 29.1 Å². The maximum atomic E-state index is 13.2. The topological polar surface area (TPSA) is 172 Å². The summed E-state index contributed by atoms with van der Waals surface area (Å²) in [5.41, 5.74) is -1.72. The van der Waals surface area contributed by atoms with Crippen LogP contribution in [-0.2, 0) is 37.7 Å². The molecule has 2 bridgehead atoms. The molecule has 0 spiro atoms. The van der Waals surface area contributed by atoms with Crippen LogP contribution in [0.3, 0.4) is 0 Å². The van der Waals surface area contributed by atoms with Gasteiger partial charge in [-0.3, -0.25) is 23.7 Å². The Kier molecular flexibility index (Phi) is 10.0. The smallest absolute Gasteiger partial charge is 0.311 e. The molecule has 226 valence electrons. The SMILES string of the molecule is COCC=O.O=C(NC12CCC(CC1)Cn1c2nc(C(=O)NCc2ccc(F)cc2)c(O)c1=O)C(=O)N1CCNCC1. The second-order valence-electron chi connectivity index (χ2n) is 10.5. The zero-order valence-electron chi connectivity index (χ0n) is 23.4. The molecule has 3 amide bonds. The maximum Gasteiger partial charge on any atom is 0.311 e. The number of hydrogen-bond donors (Lipinski definition) is 4. The molecule has 1 aromatic heterocycles. The number of rotatable bonds is 6. The predicted molar refractivity (Wildman–Crippen MR) is 147 cm³/mol. The van der Waals surface area contributed by atoms with Crippen LogP contribution in [-0.4, -0.2) is 83.5 Å². The molecule has 4 aliphatic rings. The summed E-state index contributed by atoms with van der Waals surface area (Å²) in [6.45, 7) is 2.57. The standard InChI is InChI=1S/C25H29FN6O5.C3H6O2/c26-17-3-1-15(2-4-17)13-28-20(34)18-19(33)22(36)32-14-16-5-7-25(8-6-16,24(32)29-18)30-21(35)23(37)31-11-9-27-10-12-31;1-5-3-2-4/h1-4,16,27,33H,5-14H2,(H,28,34)(H,30,35);2H,3H2,1H3. The predicted octanol–water partition coefficient (Wildman–Crippen LogP) is -0.203. The van der Waals surface area contributed by atoms with Crippen LogP contribution in [0.25, 0.3) is 0 Å². The number of aromatic hydroxyl groups is 1. The van der Waals surface area contributed by atoms with Crippen LogP contribution in [0.5, 0.6) is 5.75 Å². The minimum Gasteiger partial charge on any atom is -0.501 e. The van der Waals surface area contributed by atoms with Crippen LogP contribution in [0.2, 0.25) is 0 Å². The van der Waals surface area contributed by atoms with Gasteiger partial charge >= 0.3 is 11.8 Å². The van der Waals surface area contributed by atoms with Gasteiger partial charge in [-0.15, -0.1) is 0 Å². The number of methoxy groups -OCH3 is 1. The van der Waals surface area contributed by atoms with Gasteiger partial charge in [-0.05, 0) is 49.3 Å². The molecular formula is C28H35FN6O7. The Morgan fingerprint density at radius 1 is 1.19 bits per heavy atom. The van der Waals surface area contributed by atoms with E-state index in [2.05, 4.69) is 25.7 Å². The van der Waals surface area contributed by atoms with Gasteiger partial charge in [0.15, 0.2) is 5.69 Å². The number of fused-ring (bicyclic) bond motifs is 2. The first kappa shape index (κ1) is 30.8. The molecular weight excluding hydrogens is 551 g/mol. The van der Waals surface area contributed by atoms with E-state index < -0.39 is 46.1 Å². The van der Waals surface area contributed by atoms with Crippen LogP contribution in [0.1, 0.15) is 47.6 Å². The molecule has 1 saturated carbocycles. The Bertz CT molecular complexity index is 1370. The number of aromatic nitrogens is 2. The quantitative estimate of drug-likeness (QED) is 0.264. The molecule has 0 atom stereocenters. The van der Waals surface area contributed by atoms with Gasteiger partial charge in [0, 0.05) is 46.4 Å². The number of aldehydes is 1. The number of hydrogen-bond acceptors (Lipinski definition) is 9. The van der Waals surface area contributed by atoms with E-state index in [1.165, 1.54) is 40.8 Å². The van der Waals surface area contributed by atoms with E-state index in [9.17, 15) is 33.5 Å². The molecule has 1 aliphatic carbocycles. The number of carbonyl (C=O) groups excluding carboxylic acids is 4. The van der Waals surface area contributed by atoms with Crippen LogP contribution in [0, 0.1) is 11.7 Å². The van der Waals surface area contributed by atoms with Gasteiger partial charge in [-0.25, -0.2) is 9.37 Å². The van der Waals surface area contributed by atoms with Gasteiger partial charge < -0.3 is 35.5 Å². The first-order valence-electron chi connectivity index (χ1n) is 13.8. The number of carbonyl (C=O) groups is 4. The van der Waals surface area contributed by atoms with Gasteiger partial charge in [0.1, 0.15) is 24.5 Å². The molecule has 4 N–H and O–H groups in total. The lowest BCUT2D eigenvalue weighted by atomic mass is 9.77. The molecule has 1 aromatic carbocycles. The summed E-state index contributed by atoms with van der Waals surface area (Å²) in [4.78, 5) is 67.3. The van der Waals surface area contributed by atoms with E-state index in [-0.39, 0.29) is 24.9 Å². The van der Waals surface area contributed by atoms with Crippen molar-refractivity contribution in [3.63, 3.8) is 0 Å². The minimum absolute atomic E-state index is 0.0296. The van der Waals surface area contributed by atoms with Crippen molar-refractivity contribution >= 4 is 24.0 Å². The summed E-state index contributed by atoms with van der Waals surface area (Å²) in [5.74, 6) is -3.08. The van der Waals surface area contributed by atoms with Gasteiger partial charge in [0.25, 0.3) is 11.5 Å². The number of nitrogens with one attached hydrogen (secondary N) is 3. The third-order valence-corrected chi connectivity index (χ3v) is 7.74. The number of benzene rings is 1. The molecule has 0 unspecified atom stereocenters. The van der Waals surface area contributed by atoms with Crippen molar-refractivity contribution < 1.29 is 33.4 Å². The lowest BCUT2D eigenvalue weighted by Crippen LogP contribution is -2.56. The molecule has 14 heteroatoms. The van der Waals surface area contributed by atoms with Crippen LogP contribution >= 0.6 is 0 Å². The largest absolute Gasteiger partial charge is 0.501 e. The van der Waals surface area contributed by atoms with Crippen molar-refractivity contribution in [1.29, 1.82) is 0 Å². The molecule has 3 aliphatic heterocycles. The molecule has 4 heterocycles. The summed E-state index contributed by atoms with van der Waals surface area (Å²) >= 11 is 0. The number of nitrogens with zero attached hydrogens (tertiary/aromatic N) is 3. The lowest BCUT2D eigenvalue weighted by Gasteiger charge is -2.37. The Morgan fingerprint density at radius 3 is 2.45 bits per heavy atom. The zero-order chi connectivity index (χ0) is 30.3. The highest BCUT2D eigenvalue weighted by molar-refractivity contribution is 6.35. The van der Waals surface area contributed by atoms with Crippen LogP contribution < -0.4 is 21.5 Å². The number of piperazine rings is 1. The molecule has 2 aromatic rings. The summed E-state index contributed by atoms with van der Waals surface area (Å²) in [7, 11) is 1.48. The van der Waals surface area contributed by atoms with Crippen LogP contribution in [0.4, 0.5) is 4.39 Å². The fourth-order valence-corrected chi connectivity index (χ4v) is 5.47. The van der Waals surface area contributed by atoms with Gasteiger partial charge in [0.05, 0.1) is 5.54 Å². The van der Waals surface area contributed by atoms with Crippen molar-refractivity contribution in [2.45, 2.75) is 44.3 Å². The van der Waals surface area contributed by atoms with Crippen molar-refractivity contribution in [2.75, 3.05) is 39.9 Å². The Hall–Kier alpha value is -4.17. The molecule has 42 heavy (non-hydrogen) atoms.